The Hall–Kier alpha value is -0.580. The van der Waals surface area contributed by atoms with Crippen LogP contribution in [0.1, 0.15) is 24.8 Å². The Balaban J connectivity index is 1.84. The first-order valence-electron chi connectivity index (χ1n) is 6.42. The zero-order valence-corrected chi connectivity index (χ0v) is 11.6. The summed E-state index contributed by atoms with van der Waals surface area (Å²) in [6.07, 6.45) is 3.51. The van der Waals surface area contributed by atoms with Gasteiger partial charge < -0.3 is 10.1 Å². The lowest BCUT2D eigenvalue weighted by molar-refractivity contribution is 0.200. The van der Waals surface area contributed by atoms with Crippen LogP contribution >= 0.6 is 11.8 Å². The van der Waals surface area contributed by atoms with Gasteiger partial charge in [-0.3, -0.25) is 0 Å². The lowest BCUT2D eigenvalue weighted by atomic mass is 10.2. The van der Waals surface area contributed by atoms with Crippen molar-refractivity contribution in [3.8, 4) is 0 Å². The summed E-state index contributed by atoms with van der Waals surface area (Å²) in [6.45, 7) is 1.53. The van der Waals surface area contributed by atoms with E-state index in [1.165, 1.54) is 12.8 Å². The van der Waals surface area contributed by atoms with E-state index < -0.39 is 0 Å². The largest absolute Gasteiger partial charge is 0.385 e. The minimum absolute atomic E-state index is 0.140. The number of rotatable bonds is 8. The second-order valence-corrected chi connectivity index (χ2v) is 5.81. The van der Waals surface area contributed by atoms with Crippen LogP contribution in [0, 0.1) is 5.82 Å². The first-order valence-corrected chi connectivity index (χ1v) is 7.41. The molecule has 1 aliphatic carbocycles. The number of methoxy groups -OCH3 is 1. The SMILES string of the molecule is COCCCSc1cc(F)cc(CNC2CC2)c1. The molecular formula is C14H20FNOS. The number of benzene rings is 1. The maximum Gasteiger partial charge on any atom is 0.124 e. The van der Waals surface area contributed by atoms with E-state index >= 15 is 0 Å². The zero-order chi connectivity index (χ0) is 12.8. The second-order valence-electron chi connectivity index (χ2n) is 4.65. The van der Waals surface area contributed by atoms with Crippen molar-refractivity contribution in [3.05, 3.63) is 29.6 Å². The van der Waals surface area contributed by atoms with E-state index in [4.69, 9.17) is 4.74 Å². The van der Waals surface area contributed by atoms with Crippen molar-refractivity contribution in [3.63, 3.8) is 0 Å². The van der Waals surface area contributed by atoms with E-state index in [0.29, 0.717) is 6.04 Å². The molecule has 0 aliphatic heterocycles. The predicted octanol–water partition coefficient (Wildman–Crippen LogP) is 3.21. The molecule has 0 saturated heterocycles. The molecule has 0 unspecified atom stereocenters. The molecule has 0 bridgehead atoms. The molecule has 0 amide bonds. The summed E-state index contributed by atoms with van der Waals surface area (Å²) in [6, 6.07) is 5.97. The van der Waals surface area contributed by atoms with E-state index in [9.17, 15) is 4.39 Å². The average Bonchev–Trinajstić information content (AvgIpc) is 3.16. The zero-order valence-electron chi connectivity index (χ0n) is 10.7. The van der Waals surface area contributed by atoms with E-state index in [2.05, 4.69) is 11.4 Å². The normalized spacial score (nSPS) is 15.0. The molecule has 1 saturated carbocycles. The van der Waals surface area contributed by atoms with Crippen LogP contribution in [0.3, 0.4) is 0 Å². The lowest BCUT2D eigenvalue weighted by Crippen LogP contribution is -2.15. The highest BCUT2D eigenvalue weighted by atomic mass is 32.2. The summed E-state index contributed by atoms with van der Waals surface area (Å²) in [4.78, 5) is 1.01. The number of nitrogens with one attached hydrogen (secondary N) is 1. The van der Waals surface area contributed by atoms with Crippen LogP contribution in [0.5, 0.6) is 0 Å². The van der Waals surface area contributed by atoms with Gasteiger partial charge in [-0.05, 0) is 43.0 Å². The molecule has 1 fully saturated rings. The molecule has 0 heterocycles. The summed E-state index contributed by atoms with van der Waals surface area (Å²) >= 11 is 1.69. The summed E-state index contributed by atoms with van der Waals surface area (Å²) < 4.78 is 18.5. The number of ether oxygens (including phenoxy) is 1. The fourth-order valence-corrected chi connectivity index (χ4v) is 2.68. The number of halogens is 1. The third kappa shape index (κ3) is 4.96. The Bertz CT molecular complexity index is 382. The predicted molar refractivity (Wildman–Crippen MR) is 73.5 cm³/mol. The highest BCUT2D eigenvalue weighted by Gasteiger charge is 2.20. The second kappa shape index (κ2) is 7.12. The smallest absolute Gasteiger partial charge is 0.124 e. The molecule has 2 rings (SSSR count). The molecule has 0 atom stereocenters. The van der Waals surface area contributed by atoms with Gasteiger partial charge in [-0.15, -0.1) is 11.8 Å². The quantitative estimate of drug-likeness (QED) is 0.578. The molecule has 18 heavy (non-hydrogen) atoms. The standard InChI is InChI=1S/C14H20FNOS/c1-17-5-2-6-18-14-8-11(7-12(15)9-14)10-16-13-3-4-13/h7-9,13,16H,2-6,10H2,1H3. The molecule has 100 valence electrons. The van der Waals surface area contributed by atoms with E-state index in [0.717, 1.165) is 35.8 Å². The van der Waals surface area contributed by atoms with Crippen LogP contribution < -0.4 is 5.32 Å². The van der Waals surface area contributed by atoms with Crippen LogP contribution in [0.2, 0.25) is 0 Å². The molecule has 4 heteroatoms. The summed E-state index contributed by atoms with van der Waals surface area (Å²) in [5, 5.41) is 3.41. The van der Waals surface area contributed by atoms with Crippen molar-refractivity contribution in [2.75, 3.05) is 19.5 Å². The molecule has 1 N–H and O–H groups in total. The number of hydrogen-bond acceptors (Lipinski definition) is 3. The van der Waals surface area contributed by atoms with Crippen molar-refractivity contribution in [1.29, 1.82) is 0 Å². The topological polar surface area (TPSA) is 21.3 Å². The summed E-state index contributed by atoms with van der Waals surface area (Å²) in [5.74, 6) is 0.826. The highest BCUT2D eigenvalue weighted by molar-refractivity contribution is 7.99. The first-order chi connectivity index (χ1) is 8.78. The first kappa shape index (κ1) is 13.8. The maximum atomic E-state index is 13.5. The van der Waals surface area contributed by atoms with Gasteiger partial charge in [-0.1, -0.05) is 0 Å². The lowest BCUT2D eigenvalue weighted by Gasteiger charge is -2.07. The fraction of sp³-hybridized carbons (Fsp3) is 0.571. The van der Waals surface area contributed by atoms with Gasteiger partial charge in [0.15, 0.2) is 0 Å². The molecule has 1 aliphatic rings. The summed E-state index contributed by atoms with van der Waals surface area (Å²) in [5.41, 5.74) is 1.04. The Labute approximate surface area is 112 Å². The van der Waals surface area contributed by atoms with Crippen molar-refractivity contribution >= 4 is 11.8 Å². The van der Waals surface area contributed by atoms with Gasteiger partial charge in [-0.25, -0.2) is 4.39 Å². The molecule has 1 aromatic rings. The van der Waals surface area contributed by atoms with Crippen LogP contribution in [-0.2, 0) is 11.3 Å². The minimum atomic E-state index is -0.140. The van der Waals surface area contributed by atoms with Crippen LogP contribution in [-0.4, -0.2) is 25.5 Å². The molecule has 0 aromatic heterocycles. The Morgan fingerprint density at radius 3 is 2.94 bits per heavy atom. The van der Waals surface area contributed by atoms with Gasteiger partial charge in [0.05, 0.1) is 0 Å². The van der Waals surface area contributed by atoms with E-state index in [1.54, 1.807) is 31.0 Å². The summed E-state index contributed by atoms with van der Waals surface area (Å²) in [7, 11) is 1.70. The van der Waals surface area contributed by atoms with E-state index in [1.807, 2.05) is 0 Å². The fourth-order valence-electron chi connectivity index (χ4n) is 1.75. The van der Waals surface area contributed by atoms with Crippen LogP contribution in [0.4, 0.5) is 4.39 Å². The van der Waals surface area contributed by atoms with Gasteiger partial charge in [0.1, 0.15) is 5.82 Å². The molecule has 0 spiro atoms. The van der Waals surface area contributed by atoms with Crippen molar-refractivity contribution in [2.24, 2.45) is 0 Å². The van der Waals surface area contributed by atoms with Gasteiger partial charge in [0.2, 0.25) is 0 Å². The number of thioether (sulfide) groups is 1. The van der Waals surface area contributed by atoms with Gasteiger partial charge in [0.25, 0.3) is 0 Å². The third-order valence-electron chi connectivity index (χ3n) is 2.86. The third-order valence-corrected chi connectivity index (χ3v) is 3.93. The molecular weight excluding hydrogens is 249 g/mol. The number of hydrogen-bond donors (Lipinski definition) is 1. The minimum Gasteiger partial charge on any atom is -0.385 e. The van der Waals surface area contributed by atoms with Crippen molar-refractivity contribution in [1.82, 2.24) is 5.32 Å². The van der Waals surface area contributed by atoms with Gasteiger partial charge in [-0.2, -0.15) is 0 Å². The van der Waals surface area contributed by atoms with Crippen LogP contribution in [0.15, 0.2) is 23.1 Å². The van der Waals surface area contributed by atoms with E-state index in [-0.39, 0.29) is 5.82 Å². The monoisotopic (exact) mass is 269 g/mol. The van der Waals surface area contributed by atoms with Crippen molar-refractivity contribution < 1.29 is 9.13 Å². The average molecular weight is 269 g/mol. The van der Waals surface area contributed by atoms with Gasteiger partial charge >= 0.3 is 0 Å². The Morgan fingerprint density at radius 1 is 1.39 bits per heavy atom. The van der Waals surface area contributed by atoms with Crippen molar-refractivity contribution in [2.45, 2.75) is 36.7 Å². The Morgan fingerprint density at radius 2 is 2.22 bits per heavy atom. The molecule has 1 aromatic carbocycles. The molecule has 2 nitrogen and oxygen atoms in total. The highest BCUT2D eigenvalue weighted by Crippen LogP contribution is 2.23. The maximum absolute atomic E-state index is 13.5. The van der Waals surface area contributed by atoms with Crippen LogP contribution in [0.25, 0.3) is 0 Å². The molecule has 0 radical (unpaired) electrons. The Kier molecular flexibility index (Phi) is 5.47. The van der Waals surface area contributed by atoms with Gasteiger partial charge in [0, 0.05) is 37.0 Å².